The van der Waals surface area contributed by atoms with Gasteiger partial charge in [-0.15, -0.1) is 0 Å². The summed E-state index contributed by atoms with van der Waals surface area (Å²) in [6, 6.07) is 1.34. The quantitative estimate of drug-likeness (QED) is 0.676. The van der Waals surface area contributed by atoms with Crippen LogP contribution in [0.1, 0.15) is 12.5 Å². The highest BCUT2D eigenvalue weighted by Gasteiger charge is 2.32. The Morgan fingerprint density at radius 1 is 1.32 bits per heavy atom. The number of carbonyl (C=O) groups is 2. The number of carboxylic acids is 1. The van der Waals surface area contributed by atoms with E-state index < -0.39 is 35.9 Å². The van der Waals surface area contributed by atoms with Gasteiger partial charge in [0.2, 0.25) is 0 Å². The van der Waals surface area contributed by atoms with Crippen LogP contribution in [0.15, 0.2) is 18.2 Å². The first-order chi connectivity index (χ1) is 9.93. The van der Waals surface area contributed by atoms with E-state index in [-0.39, 0.29) is 10.7 Å². The molecule has 1 aromatic rings. The first-order valence-corrected chi connectivity index (χ1v) is 6.18. The average molecular weight is 341 g/mol. The molecule has 1 aromatic carbocycles. The summed E-state index contributed by atoms with van der Waals surface area (Å²) in [7, 11) is 0. The van der Waals surface area contributed by atoms with Gasteiger partial charge in [-0.05, 0) is 25.1 Å². The minimum atomic E-state index is -4.61. The molecule has 0 aliphatic carbocycles. The number of amides is 2. The molecule has 10 heteroatoms. The van der Waals surface area contributed by atoms with Crippen molar-refractivity contribution in [3.05, 3.63) is 28.8 Å². The second kappa shape index (κ2) is 6.41. The Morgan fingerprint density at radius 3 is 2.41 bits per heavy atom. The minimum Gasteiger partial charge on any atom is -0.479 e. The predicted molar refractivity (Wildman–Crippen MR) is 71.7 cm³/mol. The van der Waals surface area contributed by atoms with E-state index in [9.17, 15) is 27.9 Å². The summed E-state index contributed by atoms with van der Waals surface area (Å²) in [6.45, 7) is 0.303. The summed E-state index contributed by atoms with van der Waals surface area (Å²) in [5, 5.41) is 22.0. The monoisotopic (exact) mass is 340 g/mol. The van der Waals surface area contributed by atoms with Gasteiger partial charge < -0.3 is 20.8 Å². The number of alkyl halides is 3. The molecule has 1 unspecified atom stereocenters. The number of nitrogens with one attached hydrogen (secondary N) is 2. The lowest BCUT2D eigenvalue weighted by atomic mass is 10.1. The third kappa shape index (κ3) is 4.78. The molecule has 1 rings (SSSR count). The number of urea groups is 1. The molecular weight excluding hydrogens is 329 g/mol. The van der Waals surface area contributed by atoms with E-state index in [1.165, 1.54) is 0 Å². The number of carbonyl (C=O) groups excluding carboxylic acids is 1. The summed E-state index contributed by atoms with van der Waals surface area (Å²) in [4.78, 5) is 22.2. The molecule has 0 heterocycles. The number of benzene rings is 1. The van der Waals surface area contributed by atoms with Crippen LogP contribution in [0.3, 0.4) is 0 Å². The van der Waals surface area contributed by atoms with E-state index in [4.69, 9.17) is 16.7 Å². The maximum atomic E-state index is 12.6. The summed E-state index contributed by atoms with van der Waals surface area (Å²) in [5.74, 6) is -1.56. The van der Waals surface area contributed by atoms with Crippen molar-refractivity contribution >= 4 is 29.3 Å². The fourth-order valence-electron chi connectivity index (χ4n) is 1.29. The molecule has 1 atom stereocenters. The van der Waals surface area contributed by atoms with Crippen LogP contribution in [-0.2, 0) is 11.0 Å². The van der Waals surface area contributed by atoms with E-state index in [0.29, 0.717) is 6.07 Å². The Morgan fingerprint density at radius 2 is 1.91 bits per heavy atom. The van der Waals surface area contributed by atoms with E-state index in [2.05, 4.69) is 0 Å². The third-order valence-electron chi connectivity index (χ3n) is 2.60. The number of anilines is 1. The van der Waals surface area contributed by atoms with Crippen LogP contribution < -0.4 is 10.6 Å². The third-order valence-corrected chi connectivity index (χ3v) is 2.93. The van der Waals surface area contributed by atoms with E-state index >= 15 is 0 Å². The maximum absolute atomic E-state index is 12.6. The Hall–Kier alpha value is -2.00. The van der Waals surface area contributed by atoms with Gasteiger partial charge in [-0.25, -0.2) is 9.59 Å². The molecule has 22 heavy (non-hydrogen) atoms. The van der Waals surface area contributed by atoms with Gasteiger partial charge in [0.15, 0.2) is 5.60 Å². The lowest BCUT2D eigenvalue weighted by Gasteiger charge is -2.19. The van der Waals surface area contributed by atoms with Crippen molar-refractivity contribution < 1.29 is 33.0 Å². The van der Waals surface area contributed by atoms with Gasteiger partial charge in [-0.3, -0.25) is 0 Å². The van der Waals surface area contributed by atoms with Crippen molar-refractivity contribution in [3.63, 3.8) is 0 Å². The van der Waals surface area contributed by atoms with Crippen LogP contribution in [-0.4, -0.2) is 34.4 Å². The number of halogens is 4. The second-order valence-electron chi connectivity index (χ2n) is 4.58. The molecule has 0 radical (unpaired) electrons. The zero-order chi connectivity index (χ0) is 17.1. The van der Waals surface area contributed by atoms with Crippen LogP contribution >= 0.6 is 11.6 Å². The van der Waals surface area contributed by atoms with E-state index in [0.717, 1.165) is 19.1 Å². The summed E-state index contributed by atoms with van der Waals surface area (Å²) < 4.78 is 37.7. The number of aliphatic carboxylic acids is 1. The number of hydrogen-bond acceptors (Lipinski definition) is 3. The highest BCUT2D eigenvalue weighted by atomic mass is 35.5. The molecule has 0 spiro atoms. The standard InChI is InChI=1S/C12H12ClF3N2O4/c1-11(22,9(19)20)5-17-10(21)18-8-4-6(12(14,15)16)2-3-7(8)13/h2-4,22H,5H2,1H3,(H,19,20)(H2,17,18,21). The van der Waals surface area contributed by atoms with Gasteiger partial charge in [0.1, 0.15) is 0 Å². The Kier molecular flexibility index (Phi) is 5.26. The Bertz CT molecular complexity index is 590. The van der Waals surface area contributed by atoms with Crippen LogP contribution in [0.4, 0.5) is 23.7 Å². The lowest BCUT2D eigenvalue weighted by Crippen LogP contribution is -2.47. The SMILES string of the molecule is CC(O)(CNC(=O)Nc1cc(C(F)(F)F)ccc1Cl)C(=O)O. The van der Waals surface area contributed by atoms with Crippen molar-refractivity contribution in [3.8, 4) is 0 Å². The molecule has 0 bridgehead atoms. The molecule has 0 saturated carbocycles. The van der Waals surface area contributed by atoms with Crippen molar-refractivity contribution in [2.24, 2.45) is 0 Å². The highest BCUT2D eigenvalue weighted by molar-refractivity contribution is 6.33. The predicted octanol–water partition coefficient (Wildman–Crippen LogP) is 2.32. The molecule has 0 aliphatic rings. The van der Waals surface area contributed by atoms with Crippen LogP contribution in [0.2, 0.25) is 5.02 Å². The topological polar surface area (TPSA) is 98.7 Å². The van der Waals surface area contributed by atoms with Crippen molar-refractivity contribution in [1.82, 2.24) is 5.32 Å². The van der Waals surface area contributed by atoms with Gasteiger partial charge in [0.05, 0.1) is 22.8 Å². The number of carboxylic acid groups (broad SMARTS) is 1. The summed E-state index contributed by atoms with van der Waals surface area (Å²) in [5.41, 5.74) is -3.52. The number of hydrogen-bond donors (Lipinski definition) is 4. The van der Waals surface area contributed by atoms with Crippen LogP contribution in [0.25, 0.3) is 0 Å². The largest absolute Gasteiger partial charge is 0.479 e. The average Bonchev–Trinajstić information content (AvgIpc) is 2.37. The van der Waals surface area contributed by atoms with Gasteiger partial charge in [0.25, 0.3) is 0 Å². The van der Waals surface area contributed by atoms with E-state index in [1.54, 1.807) is 0 Å². The minimum absolute atomic E-state index is 0.131. The number of rotatable bonds is 4. The van der Waals surface area contributed by atoms with Crippen LogP contribution in [0.5, 0.6) is 0 Å². The smallest absolute Gasteiger partial charge is 0.416 e. The molecule has 122 valence electrons. The lowest BCUT2D eigenvalue weighted by molar-refractivity contribution is -0.155. The molecule has 2 amide bonds. The molecule has 0 aliphatic heterocycles. The van der Waals surface area contributed by atoms with Crippen LogP contribution in [0, 0.1) is 0 Å². The first-order valence-electron chi connectivity index (χ1n) is 5.81. The summed E-state index contributed by atoms with van der Waals surface area (Å²) in [6.07, 6.45) is -4.61. The van der Waals surface area contributed by atoms with Gasteiger partial charge in [0, 0.05) is 0 Å². The Labute approximate surface area is 127 Å². The maximum Gasteiger partial charge on any atom is 0.416 e. The second-order valence-corrected chi connectivity index (χ2v) is 4.99. The molecular formula is C12H12ClF3N2O4. The fourth-order valence-corrected chi connectivity index (χ4v) is 1.46. The van der Waals surface area contributed by atoms with Crippen molar-refractivity contribution in [1.29, 1.82) is 0 Å². The molecule has 6 nitrogen and oxygen atoms in total. The molecule has 0 saturated heterocycles. The van der Waals surface area contributed by atoms with Gasteiger partial charge in [-0.1, -0.05) is 11.6 Å². The Balaban J connectivity index is 2.79. The number of aliphatic hydroxyl groups is 1. The first kappa shape index (κ1) is 18.1. The highest BCUT2D eigenvalue weighted by Crippen LogP contribution is 2.33. The normalized spacial score (nSPS) is 14.1. The molecule has 4 N–H and O–H groups in total. The van der Waals surface area contributed by atoms with Crippen molar-refractivity contribution in [2.45, 2.75) is 18.7 Å². The zero-order valence-electron chi connectivity index (χ0n) is 11.2. The molecule has 0 aromatic heterocycles. The van der Waals surface area contributed by atoms with Crippen molar-refractivity contribution in [2.75, 3.05) is 11.9 Å². The van der Waals surface area contributed by atoms with Gasteiger partial charge >= 0.3 is 18.2 Å². The zero-order valence-corrected chi connectivity index (χ0v) is 11.9. The van der Waals surface area contributed by atoms with E-state index in [1.807, 2.05) is 10.6 Å². The molecule has 0 fully saturated rings. The van der Waals surface area contributed by atoms with Gasteiger partial charge in [-0.2, -0.15) is 13.2 Å². The fraction of sp³-hybridized carbons (Fsp3) is 0.333. The summed E-state index contributed by atoms with van der Waals surface area (Å²) >= 11 is 5.68.